The second-order valence-corrected chi connectivity index (χ2v) is 8.99. The average Bonchev–Trinajstić information content (AvgIpc) is 2.99. The highest BCUT2D eigenvalue weighted by atomic mass is 16.2. The Bertz CT molecular complexity index is 1010. The number of hydrogen-bond acceptors (Lipinski definition) is 3. The number of carbonyl (C=O) groups excluding carboxylic acids is 1. The summed E-state index contributed by atoms with van der Waals surface area (Å²) in [6.07, 6.45) is 8.91. The van der Waals surface area contributed by atoms with E-state index in [9.17, 15) is 4.79 Å². The molecule has 0 unspecified atom stereocenters. The summed E-state index contributed by atoms with van der Waals surface area (Å²) in [5.41, 5.74) is 4.45. The van der Waals surface area contributed by atoms with Gasteiger partial charge in [0.05, 0.1) is 11.4 Å². The van der Waals surface area contributed by atoms with E-state index in [0.29, 0.717) is 5.91 Å². The van der Waals surface area contributed by atoms with E-state index < -0.39 is 0 Å². The molecule has 5 rings (SSSR count). The summed E-state index contributed by atoms with van der Waals surface area (Å²) in [6.45, 7) is 4.72. The number of aromatic nitrogens is 2. The Morgan fingerprint density at radius 1 is 0.871 bits per heavy atom. The van der Waals surface area contributed by atoms with Crippen LogP contribution in [0.25, 0.3) is 16.9 Å². The Labute approximate surface area is 184 Å². The normalized spacial score (nSPS) is 18.9. The van der Waals surface area contributed by atoms with Crippen LogP contribution in [0.1, 0.15) is 44.2 Å². The van der Waals surface area contributed by atoms with Crippen molar-refractivity contribution in [1.82, 2.24) is 19.2 Å². The van der Waals surface area contributed by atoms with Gasteiger partial charge in [-0.2, -0.15) is 0 Å². The molecule has 31 heavy (non-hydrogen) atoms. The summed E-state index contributed by atoms with van der Waals surface area (Å²) in [7, 11) is 0. The van der Waals surface area contributed by atoms with Gasteiger partial charge in [0.2, 0.25) is 5.91 Å². The van der Waals surface area contributed by atoms with E-state index in [0.717, 1.165) is 62.5 Å². The van der Waals surface area contributed by atoms with Gasteiger partial charge >= 0.3 is 0 Å². The zero-order valence-electron chi connectivity index (χ0n) is 18.2. The molecule has 0 spiro atoms. The van der Waals surface area contributed by atoms with Gasteiger partial charge in [0.15, 0.2) is 0 Å². The van der Waals surface area contributed by atoms with Crippen LogP contribution in [0.15, 0.2) is 54.7 Å². The highest BCUT2D eigenvalue weighted by Crippen LogP contribution is 2.28. The van der Waals surface area contributed by atoms with Gasteiger partial charge < -0.3 is 9.30 Å². The van der Waals surface area contributed by atoms with E-state index in [1.807, 2.05) is 12.1 Å². The number of pyridine rings is 1. The molecule has 5 heteroatoms. The number of imidazole rings is 1. The van der Waals surface area contributed by atoms with Crippen molar-refractivity contribution >= 4 is 11.6 Å². The molecule has 3 aromatic rings. The molecule has 2 aromatic heterocycles. The van der Waals surface area contributed by atoms with Crippen LogP contribution in [-0.4, -0.2) is 51.3 Å². The second-order valence-electron chi connectivity index (χ2n) is 8.99. The Morgan fingerprint density at radius 3 is 2.32 bits per heavy atom. The molecule has 0 bridgehead atoms. The molecule has 0 saturated carbocycles. The molecule has 5 nitrogen and oxygen atoms in total. The van der Waals surface area contributed by atoms with E-state index in [1.165, 1.54) is 31.4 Å². The van der Waals surface area contributed by atoms with E-state index in [2.05, 4.69) is 56.8 Å². The predicted molar refractivity (Wildman–Crippen MR) is 124 cm³/mol. The van der Waals surface area contributed by atoms with Gasteiger partial charge in [0, 0.05) is 37.3 Å². The third-order valence-electron chi connectivity index (χ3n) is 6.90. The molecule has 0 aliphatic carbocycles. The summed E-state index contributed by atoms with van der Waals surface area (Å²) in [6, 6.07) is 16.6. The lowest BCUT2D eigenvalue weighted by Gasteiger charge is -2.34. The van der Waals surface area contributed by atoms with Crippen LogP contribution in [0.2, 0.25) is 0 Å². The van der Waals surface area contributed by atoms with Gasteiger partial charge in [-0.05, 0) is 50.9 Å². The minimum absolute atomic E-state index is 0.199. The minimum Gasteiger partial charge on any atom is -0.342 e. The van der Waals surface area contributed by atoms with Gasteiger partial charge in [-0.15, -0.1) is 0 Å². The van der Waals surface area contributed by atoms with Crippen LogP contribution in [-0.2, 0) is 11.3 Å². The van der Waals surface area contributed by atoms with Crippen molar-refractivity contribution in [3.8, 4) is 11.3 Å². The molecule has 2 saturated heterocycles. The van der Waals surface area contributed by atoms with Crippen LogP contribution >= 0.6 is 0 Å². The number of piperidine rings is 1. The van der Waals surface area contributed by atoms with Crippen LogP contribution in [0.3, 0.4) is 0 Å². The monoisotopic (exact) mass is 416 g/mol. The summed E-state index contributed by atoms with van der Waals surface area (Å²) in [4.78, 5) is 22.6. The lowest BCUT2D eigenvalue weighted by Crippen LogP contribution is -2.42. The molecule has 4 heterocycles. The quantitative estimate of drug-likeness (QED) is 0.623. The van der Waals surface area contributed by atoms with Crippen LogP contribution in [0.4, 0.5) is 0 Å². The van der Waals surface area contributed by atoms with Crippen molar-refractivity contribution < 1.29 is 4.79 Å². The van der Waals surface area contributed by atoms with Crippen molar-refractivity contribution in [3.63, 3.8) is 0 Å². The summed E-state index contributed by atoms with van der Waals surface area (Å²) >= 11 is 0. The van der Waals surface area contributed by atoms with Crippen molar-refractivity contribution in [2.45, 2.75) is 45.1 Å². The first-order valence-electron chi connectivity index (χ1n) is 11.8. The van der Waals surface area contributed by atoms with E-state index in [1.54, 1.807) is 0 Å². The zero-order chi connectivity index (χ0) is 21.0. The molecule has 0 radical (unpaired) electrons. The first-order valence-corrected chi connectivity index (χ1v) is 11.8. The van der Waals surface area contributed by atoms with Gasteiger partial charge in [0.1, 0.15) is 5.65 Å². The maximum absolute atomic E-state index is 13.0. The van der Waals surface area contributed by atoms with E-state index in [4.69, 9.17) is 4.98 Å². The molecule has 0 N–H and O–H groups in total. The lowest BCUT2D eigenvalue weighted by molar-refractivity contribution is -0.137. The highest BCUT2D eigenvalue weighted by Gasteiger charge is 2.29. The van der Waals surface area contributed by atoms with E-state index in [-0.39, 0.29) is 5.92 Å². The first-order chi connectivity index (χ1) is 15.3. The standard InChI is InChI=1S/C26H32N4O/c31-26(29-15-7-1-2-8-16-29)22-13-18-28(19-14-22)20-23-25(21-10-4-3-5-11-21)27-24-12-6-9-17-30(23)24/h3-6,9-12,17,22H,1-2,7-8,13-16,18-20H2. The largest absolute Gasteiger partial charge is 0.342 e. The number of hydrogen-bond donors (Lipinski definition) is 0. The third kappa shape index (κ3) is 4.38. The fourth-order valence-electron chi connectivity index (χ4n) is 5.12. The molecule has 0 atom stereocenters. The number of likely N-dealkylation sites (tertiary alicyclic amines) is 2. The minimum atomic E-state index is 0.199. The molecule has 1 amide bonds. The smallest absolute Gasteiger partial charge is 0.225 e. The fourth-order valence-corrected chi connectivity index (χ4v) is 5.12. The van der Waals surface area contributed by atoms with Crippen LogP contribution in [0, 0.1) is 5.92 Å². The topological polar surface area (TPSA) is 40.9 Å². The summed E-state index contributed by atoms with van der Waals surface area (Å²) in [5, 5.41) is 0. The van der Waals surface area contributed by atoms with Crippen LogP contribution in [0.5, 0.6) is 0 Å². The van der Waals surface area contributed by atoms with Gasteiger partial charge in [-0.25, -0.2) is 4.98 Å². The first kappa shape index (κ1) is 20.3. The fraction of sp³-hybridized carbons (Fsp3) is 0.462. The molecule has 1 aromatic carbocycles. The summed E-state index contributed by atoms with van der Waals surface area (Å²) in [5.74, 6) is 0.603. The Morgan fingerprint density at radius 2 is 1.58 bits per heavy atom. The molecular weight excluding hydrogens is 384 g/mol. The van der Waals surface area contributed by atoms with Crippen molar-refractivity contribution in [3.05, 3.63) is 60.4 Å². The number of rotatable bonds is 4. The van der Waals surface area contributed by atoms with Crippen molar-refractivity contribution in [1.29, 1.82) is 0 Å². The van der Waals surface area contributed by atoms with Crippen molar-refractivity contribution in [2.75, 3.05) is 26.2 Å². The molecule has 162 valence electrons. The number of fused-ring (bicyclic) bond motifs is 1. The average molecular weight is 417 g/mol. The lowest BCUT2D eigenvalue weighted by atomic mass is 9.95. The zero-order valence-corrected chi connectivity index (χ0v) is 18.2. The Kier molecular flexibility index (Phi) is 6.03. The number of nitrogens with zero attached hydrogens (tertiary/aromatic N) is 4. The molecule has 2 fully saturated rings. The maximum Gasteiger partial charge on any atom is 0.225 e. The van der Waals surface area contributed by atoms with E-state index >= 15 is 0 Å². The molecule has 2 aliphatic rings. The molecular formula is C26H32N4O. The third-order valence-corrected chi connectivity index (χ3v) is 6.90. The van der Waals surface area contributed by atoms with Gasteiger partial charge in [-0.3, -0.25) is 9.69 Å². The second kappa shape index (κ2) is 9.23. The van der Waals surface area contributed by atoms with Crippen LogP contribution < -0.4 is 0 Å². The summed E-state index contributed by atoms with van der Waals surface area (Å²) < 4.78 is 2.22. The van der Waals surface area contributed by atoms with Gasteiger partial charge in [0.25, 0.3) is 0 Å². The Balaban J connectivity index is 1.30. The maximum atomic E-state index is 13.0. The van der Waals surface area contributed by atoms with Crippen molar-refractivity contribution in [2.24, 2.45) is 5.92 Å². The molecule has 2 aliphatic heterocycles. The highest BCUT2D eigenvalue weighted by molar-refractivity contribution is 5.79. The number of carbonyl (C=O) groups is 1. The van der Waals surface area contributed by atoms with Gasteiger partial charge in [-0.1, -0.05) is 49.2 Å². The predicted octanol–water partition coefficient (Wildman–Crippen LogP) is 4.62. The Hall–Kier alpha value is -2.66. The number of benzene rings is 1. The number of amides is 1. The SMILES string of the molecule is O=C(C1CCN(Cc2c(-c3ccccc3)nc3ccccn23)CC1)N1CCCCCC1.